The standard InChI is InChI=1S/C29H26BrClF2N2O2.CH4/c1-37-28-24(14-19-12-20(30)5-9-26(19)35-28)27(17-2-6-21(31)7-3-17)29(36)10-11-34-23(16-29)13-18-4-8-22(32)15-25(18)33;/h2-9,12,14-15,23,27,34,36H,10-11,13,16H2,1H3;1H4. The average molecular weight is 604 g/mol. The van der Waals surface area contributed by atoms with Crippen molar-refractivity contribution >= 4 is 38.4 Å². The van der Waals surface area contributed by atoms with Gasteiger partial charge in [-0.25, -0.2) is 13.8 Å². The number of aromatic nitrogens is 1. The highest BCUT2D eigenvalue weighted by Crippen LogP contribution is 2.45. The molecule has 38 heavy (non-hydrogen) atoms. The molecule has 0 spiro atoms. The number of piperidine rings is 1. The maximum absolute atomic E-state index is 14.4. The van der Waals surface area contributed by atoms with Crippen molar-refractivity contribution < 1.29 is 18.6 Å². The minimum absolute atomic E-state index is 0. The number of pyridine rings is 1. The van der Waals surface area contributed by atoms with Crippen LogP contribution in [0.3, 0.4) is 0 Å². The van der Waals surface area contributed by atoms with Crippen LogP contribution in [-0.2, 0) is 6.42 Å². The number of ether oxygens (including phenoxy) is 1. The van der Waals surface area contributed by atoms with Gasteiger partial charge in [0.05, 0.1) is 18.2 Å². The molecule has 0 saturated carbocycles. The van der Waals surface area contributed by atoms with Gasteiger partial charge in [0, 0.05) is 38.5 Å². The first-order valence-electron chi connectivity index (χ1n) is 12.0. The fourth-order valence-electron chi connectivity index (χ4n) is 5.40. The number of rotatable bonds is 6. The number of nitrogens with zero attached hydrogens (tertiary/aromatic N) is 1. The monoisotopic (exact) mass is 602 g/mol. The summed E-state index contributed by atoms with van der Waals surface area (Å²) in [7, 11) is 1.57. The molecule has 1 saturated heterocycles. The molecule has 0 aliphatic carbocycles. The lowest BCUT2D eigenvalue weighted by molar-refractivity contribution is -0.0191. The third kappa shape index (κ3) is 5.86. The Morgan fingerprint density at radius 1 is 1.13 bits per heavy atom. The summed E-state index contributed by atoms with van der Waals surface area (Å²) in [6.07, 6.45) is 1.13. The Morgan fingerprint density at radius 3 is 2.61 bits per heavy atom. The summed E-state index contributed by atoms with van der Waals surface area (Å²) in [6.45, 7) is 0.531. The van der Waals surface area contributed by atoms with Crippen LogP contribution in [0.4, 0.5) is 8.78 Å². The van der Waals surface area contributed by atoms with Gasteiger partial charge >= 0.3 is 0 Å². The molecular weight excluding hydrogens is 574 g/mol. The summed E-state index contributed by atoms with van der Waals surface area (Å²) in [5.41, 5.74) is 1.61. The lowest BCUT2D eigenvalue weighted by Crippen LogP contribution is -2.52. The third-order valence-corrected chi connectivity index (χ3v) is 7.83. The zero-order valence-corrected chi connectivity index (χ0v) is 22.5. The molecule has 4 nitrogen and oxygen atoms in total. The number of fused-ring (bicyclic) bond motifs is 1. The molecule has 3 aromatic carbocycles. The van der Waals surface area contributed by atoms with Crippen molar-refractivity contribution in [2.75, 3.05) is 13.7 Å². The SMILES string of the molecule is C.COc1nc2ccc(Br)cc2cc1C(c1ccc(Cl)cc1)C1(O)CCNC(Cc2ccc(F)cc2F)C1. The van der Waals surface area contributed by atoms with E-state index in [4.69, 9.17) is 21.3 Å². The summed E-state index contributed by atoms with van der Waals surface area (Å²) in [5, 5.41) is 17.2. The predicted molar refractivity (Wildman–Crippen MR) is 152 cm³/mol. The number of methoxy groups -OCH3 is 1. The minimum atomic E-state index is -1.20. The molecule has 3 atom stereocenters. The lowest BCUT2D eigenvalue weighted by Gasteiger charge is -2.43. The maximum Gasteiger partial charge on any atom is 0.217 e. The van der Waals surface area contributed by atoms with Crippen LogP contribution < -0.4 is 10.1 Å². The van der Waals surface area contributed by atoms with E-state index in [0.717, 1.165) is 32.6 Å². The van der Waals surface area contributed by atoms with Crippen molar-refractivity contribution in [1.29, 1.82) is 0 Å². The molecule has 3 unspecified atom stereocenters. The van der Waals surface area contributed by atoms with Crippen LogP contribution in [0.1, 0.15) is 42.9 Å². The van der Waals surface area contributed by atoms with E-state index in [1.807, 2.05) is 36.4 Å². The average Bonchev–Trinajstić information content (AvgIpc) is 2.86. The second kappa shape index (κ2) is 11.7. The van der Waals surface area contributed by atoms with Crippen molar-refractivity contribution in [2.45, 2.75) is 44.2 Å². The summed E-state index contributed by atoms with van der Waals surface area (Å²) in [6, 6.07) is 18.6. The van der Waals surface area contributed by atoms with E-state index in [1.165, 1.54) is 12.1 Å². The fraction of sp³-hybridized carbons (Fsp3) is 0.300. The van der Waals surface area contributed by atoms with E-state index in [2.05, 4.69) is 21.2 Å². The van der Waals surface area contributed by atoms with Crippen LogP contribution in [0.5, 0.6) is 5.88 Å². The Bertz CT molecular complexity index is 1440. The van der Waals surface area contributed by atoms with E-state index in [9.17, 15) is 13.9 Å². The van der Waals surface area contributed by atoms with Crippen molar-refractivity contribution in [3.05, 3.63) is 105 Å². The molecule has 0 radical (unpaired) electrons. The Kier molecular flexibility index (Phi) is 8.72. The molecular formula is C30H30BrClF2N2O2. The lowest BCUT2D eigenvalue weighted by atomic mass is 9.70. The van der Waals surface area contributed by atoms with Gasteiger partial charge in [-0.05, 0) is 79.4 Å². The predicted octanol–water partition coefficient (Wildman–Crippen LogP) is 7.43. The first-order valence-corrected chi connectivity index (χ1v) is 13.2. The Balaban J connectivity index is 0.00000336. The van der Waals surface area contributed by atoms with E-state index < -0.39 is 23.2 Å². The van der Waals surface area contributed by atoms with Crippen molar-refractivity contribution in [1.82, 2.24) is 10.3 Å². The van der Waals surface area contributed by atoms with Crippen molar-refractivity contribution in [3.8, 4) is 5.88 Å². The molecule has 1 fully saturated rings. The van der Waals surface area contributed by atoms with Crippen LogP contribution in [0, 0.1) is 11.6 Å². The van der Waals surface area contributed by atoms with Gasteiger partial charge in [0.1, 0.15) is 11.6 Å². The van der Waals surface area contributed by atoms with Crippen molar-refractivity contribution in [2.24, 2.45) is 0 Å². The number of aliphatic hydroxyl groups is 1. The van der Waals surface area contributed by atoms with Gasteiger partial charge in [-0.2, -0.15) is 0 Å². The third-order valence-electron chi connectivity index (χ3n) is 7.09. The highest BCUT2D eigenvalue weighted by atomic mass is 79.9. The van der Waals surface area contributed by atoms with E-state index >= 15 is 0 Å². The van der Waals surface area contributed by atoms with Gasteiger partial charge in [-0.1, -0.05) is 53.2 Å². The zero-order chi connectivity index (χ0) is 26.2. The molecule has 0 amide bonds. The number of halogens is 4. The van der Waals surface area contributed by atoms with Crippen LogP contribution in [0.15, 0.2) is 71.2 Å². The maximum atomic E-state index is 14.4. The molecule has 4 aromatic rings. The number of benzene rings is 3. The molecule has 2 N–H and O–H groups in total. The molecule has 1 aliphatic heterocycles. The summed E-state index contributed by atoms with van der Waals surface area (Å²) in [5.74, 6) is -1.25. The number of nitrogens with one attached hydrogen (secondary N) is 1. The van der Waals surface area contributed by atoms with Gasteiger partial charge in [0.25, 0.3) is 0 Å². The summed E-state index contributed by atoms with van der Waals surface area (Å²) >= 11 is 9.73. The first-order chi connectivity index (χ1) is 17.8. The topological polar surface area (TPSA) is 54.4 Å². The van der Waals surface area contributed by atoms with E-state index in [-0.39, 0.29) is 13.5 Å². The van der Waals surface area contributed by atoms with Crippen LogP contribution in [0.2, 0.25) is 5.02 Å². The first kappa shape index (κ1) is 28.4. The molecule has 200 valence electrons. The largest absolute Gasteiger partial charge is 0.481 e. The Morgan fingerprint density at radius 2 is 1.89 bits per heavy atom. The highest BCUT2D eigenvalue weighted by Gasteiger charge is 2.44. The Hall–Kier alpha value is -2.58. The number of hydrogen-bond donors (Lipinski definition) is 2. The van der Waals surface area contributed by atoms with Gasteiger partial charge in [-0.3, -0.25) is 0 Å². The van der Waals surface area contributed by atoms with Gasteiger partial charge in [0.15, 0.2) is 0 Å². The fourth-order valence-corrected chi connectivity index (χ4v) is 5.91. The quantitative estimate of drug-likeness (QED) is 0.241. The molecule has 2 heterocycles. The normalized spacial score (nSPS) is 20.1. The van der Waals surface area contributed by atoms with Gasteiger partial charge < -0.3 is 15.2 Å². The molecule has 1 aliphatic rings. The van der Waals surface area contributed by atoms with Crippen LogP contribution in [0.25, 0.3) is 10.9 Å². The van der Waals surface area contributed by atoms with Crippen LogP contribution >= 0.6 is 27.5 Å². The summed E-state index contributed by atoms with van der Waals surface area (Å²) in [4.78, 5) is 4.75. The molecule has 1 aromatic heterocycles. The van der Waals surface area contributed by atoms with Gasteiger partial charge in [-0.15, -0.1) is 0 Å². The zero-order valence-electron chi connectivity index (χ0n) is 20.1. The second-order valence-corrected chi connectivity index (χ2v) is 10.9. The minimum Gasteiger partial charge on any atom is -0.481 e. The second-order valence-electron chi connectivity index (χ2n) is 9.56. The highest BCUT2D eigenvalue weighted by molar-refractivity contribution is 9.10. The van der Waals surface area contributed by atoms with E-state index in [0.29, 0.717) is 42.3 Å². The van der Waals surface area contributed by atoms with Crippen molar-refractivity contribution in [3.63, 3.8) is 0 Å². The van der Waals surface area contributed by atoms with Crippen LogP contribution in [-0.4, -0.2) is 35.4 Å². The Labute approximate surface area is 235 Å². The molecule has 0 bridgehead atoms. The molecule has 8 heteroatoms. The molecule has 5 rings (SSSR count). The van der Waals surface area contributed by atoms with Gasteiger partial charge in [0.2, 0.25) is 5.88 Å². The number of hydrogen-bond acceptors (Lipinski definition) is 4. The summed E-state index contributed by atoms with van der Waals surface area (Å²) < 4.78 is 34.5. The van der Waals surface area contributed by atoms with E-state index in [1.54, 1.807) is 19.2 Å². The smallest absolute Gasteiger partial charge is 0.217 e.